The van der Waals surface area contributed by atoms with Crippen LogP contribution in [0.1, 0.15) is 31.8 Å². The lowest BCUT2D eigenvalue weighted by molar-refractivity contribution is 0.169. The molecule has 0 aliphatic rings. The molecule has 0 amide bonds. The van der Waals surface area contributed by atoms with Crippen molar-refractivity contribution < 1.29 is 0 Å². The molecule has 0 bridgehead atoms. The molecule has 1 aromatic heterocycles. The van der Waals surface area contributed by atoms with Crippen molar-refractivity contribution in [2.45, 2.75) is 32.9 Å². The zero-order valence-electron chi connectivity index (χ0n) is 9.10. The normalized spacial score (nSPS) is 13.9. The zero-order valence-corrected chi connectivity index (χ0v) is 9.92. The van der Waals surface area contributed by atoms with Gasteiger partial charge < -0.3 is 5.73 Å². The van der Waals surface area contributed by atoms with Crippen molar-refractivity contribution in [3.8, 4) is 0 Å². The molecule has 1 atom stereocenters. The maximum Gasteiger partial charge on any atom is 0.109 e. The highest BCUT2D eigenvalue weighted by atomic mass is 32.1. The van der Waals surface area contributed by atoms with Crippen LogP contribution >= 0.6 is 11.3 Å². The molecule has 0 unspecified atom stereocenters. The molecule has 1 heterocycles. The Morgan fingerprint density at radius 1 is 1.50 bits per heavy atom. The third kappa shape index (κ3) is 2.77. The van der Waals surface area contributed by atoms with Crippen molar-refractivity contribution in [2.75, 3.05) is 13.1 Å². The number of rotatable bonds is 5. The molecule has 0 saturated heterocycles. The molecule has 14 heavy (non-hydrogen) atoms. The lowest BCUT2D eigenvalue weighted by Gasteiger charge is -2.30. The Kier molecular flexibility index (Phi) is 4.51. The summed E-state index contributed by atoms with van der Waals surface area (Å²) in [4.78, 5) is 6.71. The zero-order chi connectivity index (χ0) is 10.6. The summed E-state index contributed by atoms with van der Waals surface area (Å²) in [7, 11) is 0. The SMILES string of the molecule is CC(C)N(CCN)[C@H](C)c1nccs1. The van der Waals surface area contributed by atoms with E-state index < -0.39 is 0 Å². The maximum atomic E-state index is 5.60. The Balaban J connectivity index is 2.68. The molecule has 0 saturated carbocycles. The summed E-state index contributed by atoms with van der Waals surface area (Å²) < 4.78 is 0. The highest BCUT2D eigenvalue weighted by Gasteiger charge is 2.19. The maximum absolute atomic E-state index is 5.60. The van der Waals surface area contributed by atoms with Crippen LogP contribution in [0.3, 0.4) is 0 Å². The summed E-state index contributed by atoms with van der Waals surface area (Å²) in [6.07, 6.45) is 1.86. The molecule has 0 aromatic carbocycles. The summed E-state index contributed by atoms with van der Waals surface area (Å²) in [5.41, 5.74) is 5.60. The Labute approximate surface area is 89.9 Å². The van der Waals surface area contributed by atoms with E-state index in [2.05, 4.69) is 30.7 Å². The predicted molar refractivity (Wildman–Crippen MR) is 61.4 cm³/mol. The molecular formula is C10H19N3S. The van der Waals surface area contributed by atoms with Gasteiger partial charge in [0.2, 0.25) is 0 Å². The fourth-order valence-electron chi connectivity index (χ4n) is 1.63. The predicted octanol–water partition coefficient (Wildman–Crippen LogP) is 1.87. The highest BCUT2D eigenvalue weighted by molar-refractivity contribution is 7.09. The number of thiazole rings is 1. The van der Waals surface area contributed by atoms with Gasteiger partial charge in [-0.3, -0.25) is 4.90 Å². The third-order valence-electron chi connectivity index (χ3n) is 2.36. The second-order valence-electron chi connectivity index (χ2n) is 3.67. The summed E-state index contributed by atoms with van der Waals surface area (Å²) >= 11 is 1.71. The van der Waals surface area contributed by atoms with Crippen molar-refractivity contribution >= 4 is 11.3 Å². The highest BCUT2D eigenvalue weighted by Crippen LogP contribution is 2.23. The van der Waals surface area contributed by atoms with Gasteiger partial charge in [-0.05, 0) is 20.8 Å². The van der Waals surface area contributed by atoms with Crippen molar-refractivity contribution in [2.24, 2.45) is 5.73 Å². The minimum Gasteiger partial charge on any atom is -0.329 e. The first kappa shape index (κ1) is 11.6. The van der Waals surface area contributed by atoms with E-state index >= 15 is 0 Å². The van der Waals surface area contributed by atoms with Gasteiger partial charge in [-0.15, -0.1) is 11.3 Å². The average Bonchev–Trinajstić information content (AvgIpc) is 2.65. The van der Waals surface area contributed by atoms with E-state index in [1.54, 1.807) is 11.3 Å². The minimum absolute atomic E-state index is 0.374. The Hall–Kier alpha value is -0.450. The van der Waals surface area contributed by atoms with Crippen molar-refractivity contribution in [3.63, 3.8) is 0 Å². The largest absolute Gasteiger partial charge is 0.329 e. The van der Waals surface area contributed by atoms with Gasteiger partial charge in [-0.25, -0.2) is 4.98 Å². The second-order valence-corrected chi connectivity index (χ2v) is 4.59. The Morgan fingerprint density at radius 2 is 2.21 bits per heavy atom. The molecule has 1 aromatic rings. The lowest BCUT2D eigenvalue weighted by Crippen LogP contribution is -2.37. The van der Waals surface area contributed by atoms with Gasteiger partial charge in [-0.2, -0.15) is 0 Å². The van der Waals surface area contributed by atoms with Crippen LogP contribution in [0.25, 0.3) is 0 Å². The molecule has 0 aliphatic carbocycles. The molecule has 2 N–H and O–H groups in total. The molecule has 0 fully saturated rings. The van der Waals surface area contributed by atoms with Crippen molar-refractivity contribution in [3.05, 3.63) is 16.6 Å². The summed E-state index contributed by atoms with van der Waals surface area (Å²) in [5.74, 6) is 0. The summed E-state index contributed by atoms with van der Waals surface area (Å²) in [6, 6.07) is 0.885. The van der Waals surface area contributed by atoms with E-state index in [0.29, 0.717) is 18.6 Å². The van der Waals surface area contributed by atoms with E-state index in [0.717, 1.165) is 6.54 Å². The van der Waals surface area contributed by atoms with E-state index in [1.807, 2.05) is 11.6 Å². The molecule has 1 rings (SSSR count). The Bertz CT molecular complexity index is 246. The molecule has 3 nitrogen and oxygen atoms in total. The monoisotopic (exact) mass is 213 g/mol. The molecule has 4 heteroatoms. The number of nitrogens with zero attached hydrogens (tertiary/aromatic N) is 2. The minimum atomic E-state index is 0.374. The van der Waals surface area contributed by atoms with Crippen molar-refractivity contribution in [1.82, 2.24) is 9.88 Å². The van der Waals surface area contributed by atoms with Gasteiger partial charge in [0.15, 0.2) is 0 Å². The number of hydrogen-bond donors (Lipinski definition) is 1. The van der Waals surface area contributed by atoms with Gasteiger partial charge in [0.25, 0.3) is 0 Å². The van der Waals surface area contributed by atoms with Crippen LogP contribution < -0.4 is 5.73 Å². The van der Waals surface area contributed by atoms with Crippen LogP contribution in [0, 0.1) is 0 Å². The van der Waals surface area contributed by atoms with Gasteiger partial charge in [0.05, 0.1) is 6.04 Å². The van der Waals surface area contributed by atoms with E-state index in [1.165, 1.54) is 5.01 Å². The van der Waals surface area contributed by atoms with E-state index in [9.17, 15) is 0 Å². The van der Waals surface area contributed by atoms with Crippen LogP contribution in [0.4, 0.5) is 0 Å². The molecular weight excluding hydrogens is 194 g/mol. The van der Waals surface area contributed by atoms with Crippen molar-refractivity contribution in [1.29, 1.82) is 0 Å². The van der Waals surface area contributed by atoms with Crippen LogP contribution in [0.15, 0.2) is 11.6 Å². The first-order valence-electron chi connectivity index (χ1n) is 5.02. The van der Waals surface area contributed by atoms with Crippen LogP contribution in [0.5, 0.6) is 0 Å². The Morgan fingerprint density at radius 3 is 2.64 bits per heavy atom. The van der Waals surface area contributed by atoms with Gasteiger partial charge in [0.1, 0.15) is 5.01 Å². The fraction of sp³-hybridized carbons (Fsp3) is 0.700. The molecule has 0 spiro atoms. The smallest absolute Gasteiger partial charge is 0.109 e. The van der Waals surface area contributed by atoms with Crippen LogP contribution in [0.2, 0.25) is 0 Å². The van der Waals surface area contributed by atoms with Crippen LogP contribution in [-0.2, 0) is 0 Å². The first-order chi connectivity index (χ1) is 6.66. The fourth-order valence-corrected chi connectivity index (χ4v) is 2.35. The lowest BCUT2D eigenvalue weighted by atomic mass is 10.2. The molecule has 0 aliphatic heterocycles. The van der Waals surface area contributed by atoms with E-state index in [-0.39, 0.29) is 0 Å². The van der Waals surface area contributed by atoms with E-state index in [4.69, 9.17) is 5.73 Å². The quantitative estimate of drug-likeness (QED) is 0.812. The summed E-state index contributed by atoms with van der Waals surface area (Å²) in [6.45, 7) is 8.21. The van der Waals surface area contributed by atoms with Gasteiger partial charge in [-0.1, -0.05) is 0 Å². The number of nitrogens with two attached hydrogens (primary N) is 1. The van der Waals surface area contributed by atoms with Gasteiger partial charge >= 0.3 is 0 Å². The molecule has 80 valence electrons. The first-order valence-corrected chi connectivity index (χ1v) is 5.90. The number of aromatic nitrogens is 1. The average molecular weight is 213 g/mol. The number of hydrogen-bond acceptors (Lipinski definition) is 4. The van der Waals surface area contributed by atoms with Gasteiger partial charge in [0, 0.05) is 30.7 Å². The standard InChI is InChI=1S/C10H19N3S/c1-8(2)13(6-4-11)9(3)10-12-5-7-14-10/h5,7-9H,4,6,11H2,1-3H3/t9-/m1/s1. The summed E-state index contributed by atoms with van der Waals surface area (Å²) in [5, 5.41) is 3.19. The third-order valence-corrected chi connectivity index (χ3v) is 3.30. The molecule has 0 radical (unpaired) electrons. The second kappa shape index (κ2) is 5.44. The topological polar surface area (TPSA) is 42.1 Å². The van der Waals surface area contributed by atoms with Crippen LogP contribution in [-0.4, -0.2) is 29.0 Å².